The lowest BCUT2D eigenvalue weighted by Gasteiger charge is -2.16. The highest BCUT2D eigenvalue weighted by Crippen LogP contribution is 2.32. The maximum absolute atomic E-state index is 13.3. The van der Waals surface area contributed by atoms with E-state index >= 15 is 0 Å². The first-order valence-corrected chi connectivity index (χ1v) is 11.8. The first-order valence-electron chi connectivity index (χ1n) is 10.9. The lowest BCUT2D eigenvalue weighted by molar-refractivity contribution is -0.128. The predicted molar refractivity (Wildman–Crippen MR) is 133 cm³/mol. The zero-order valence-corrected chi connectivity index (χ0v) is 19.7. The van der Waals surface area contributed by atoms with Gasteiger partial charge in [-0.05, 0) is 72.6 Å². The summed E-state index contributed by atoms with van der Waals surface area (Å²) >= 11 is 1.20. The van der Waals surface area contributed by atoms with E-state index in [1.54, 1.807) is 12.0 Å². The Labute approximate surface area is 206 Å². The molecule has 9 heteroatoms. The van der Waals surface area contributed by atoms with Crippen LogP contribution in [-0.4, -0.2) is 40.8 Å². The van der Waals surface area contributed by atoms with E-state index in [4.69, 9.17) is 4.74 Å². The van der Waals surface area contributed by atoms with Gasteiger partial charge >= 0.3 is 0 Å². The number of amidine groups is 1. The van der Waals surface area contributed by atoms with E-state index in [2.05, 4.69) is 10.3 Å². The Morgan fingerprint density at radius 3 is 2.26 bits per heavy atom. The Morgan fingerprint density at radius 1 is 1.00 bits per heavy atom. The average Bonchev–Trinajstić information content (AvgIpc) is 3.14. The summed E-state index contributed by atoms with van der Waals surface area (Å²) in [6.07, 6.45) is 0.510. The van der Waals surface area contributed by atoms with Crippen molar-refractivity contribution in [2.45, 2.75) is 18.1 Å². The number of hydrogen-bond acceptors (Lipinski definition) is 5. The fraction of sp³-hybridized carbons (Fsp3) is 0.192. The molecule has 180 valence electrons. The Bertz CT molecular complexity index is 1220. The molecule has 1 aliphatic rings. The molecule has 1 atom stereocenters. The van der Waals surface area contributed by atoms with Gasteiger partial charge < -0.3 is 10.1 Å². The van der Waals surface area contributed by atoms with E-state index in [0.29, 0.717) is 29.5 Å². The minimum Gasteiger partial charge on any atom is -0.497 e. The molecule has 3 aromatic carbocycles. The number of thioether (sulfide) groups is 1. The summed E-state index contributed by atoms with van der Waals surface area (Å²) in [5, 5.41) is 2.48. The Morgan fingerprint density at radius 2 is 1.63 bits per heavy atom. The summed E-state index contributed by atoms with van der Waals surface area (Å²) in [6.45, 7) is 0.369. The number of nitrogens with zero attached hydrogens (tertiary/aromatic N) is 2. The molecule has 6 nitrogen and oxygen atoms in total. The summed E-state index contributed by atoms with van der Waals surface area (Å²) in [5.41, 5.74) is 1.97. The van der Waals surface area contributed by atoms with Crippen molar-refractivity contribution in [3.8, 4) is 5.75 Å². The minimum absolute atomic E-state index is 0.0671. The topological polar surface area (TPSA) is 71.0 Å². The van der Waals surface area contributed by atoms with E-state index < -0.39 is 11.1 Å². The molecule has 3 aromatic rings. The van der Waals surface area contributed by atoms with Gasteiger partial charge in [-0.15, -0.1) is 0 Å². The SMILES string of the molecule is COc1ccc(CCN2C(=O)[C@@H](CC(=O)Nc3ccc(F)cc3)SC2=Nc2ccc(F)cc2)cc1. The number of anilines is 1. The molecule has 0 spiro atoms. The molecular weight excluding hydrogens is 472 g/mol. The third-order valence-corrected chi connectivity index (χ3v) is 6.53. The van der Waals surface area contributed by atoms with Crippen molar-refractivity contribution in [2.24, 2.45) is 4.99 Å². The summed E-state index contributed by atoms with van der Waals surface area (Å²) < 4.78 is 31.6. The van der Waals surface area contributed by atoms with Crippen LogP contribution < -0.4 is 10.1 Å². The van der Waals surface area contributed by atoms with Gasteiger partial charge in [0.1, 0.15) is 22.6 Å². The molecule has 0 bridgehead atoms. The highest BCUT2D eigenvalue weighted by Gasteiger charge is 2.39. The molecule has 1 saturated heterocycles. The average molecular weight is 496 g/mol. The highest BCUT2D eigenvalue weighted by atomic mass is 32.2. The summed E-state index contributed by atoms with van der Waals surface area (Å²) in [7, 11) is 1.60. The van der Waals surface area contributed by atoms with Crippen molar-refractivity contribution in [2.75, 3.05) is 19.0 Å². The number of amides is 2. The van der Waals surface area contributed by atoms with Crippen LogP contribution >= 0.6 is 11.8 Å². The van der Waals surface area contributed by atoms with Crippen LogP contribution in [0.15, 0.2) is 77.8 Å². The fourth-order valence-corrected chi connectivity index (χ4v) is 4.69. The maximum Gasteiger partial charge on any atom is 0.242 e. The van der Waals surface area contributed by atoms with Gasteiger partial charge in [-0.25, -0.2) is 13.8 Å². The van der Waals surface area contributed by atoms with E-state index in [1.807, 2.05) is 24.3 Å². The molecule has 0 saturated carbocycles. The molecule has 1 aliphatic heterocycles. The van der Waals surface area contributed by atoms with E-state index in [9.17, 15) is 18.4 Å². The fourth-order valence-electron chi connectivity index (χ4n) is 3.50. The number of halogens is 2. The number of benzene rings is 3. The second-order valence-electron chi connectivity index (χ2n) is 7.82. The maximum atomic E-state index is 13.3. The zero-order valence-electron chi connectivity index (χ0n) is 18.9. The van der Waals surface area contributed by atoms with Crippen molar-refractivity contribution in [1.29, 1.82) is 0 Å². The van der Waals surface area contributed by atoms with Crippen molar-refractivity contribution in [1.82, 2.24) is 4.90 Å². The number of carbonyl (C=O) groups is 2. The molecule has 1 fully saturated rings. The molecule has 1 N–H and O–H groups in total. The number of rotatable bonds is 8. The Balaban J connectivity index is 1.49. The third-order valence-electron chi connectivity index (χ3n) is 5.35. The van der Waals surface area contributed by atoms with Crippen LogP contribution in [0.3, 0.4) is 0 Å². The van der Waals surface area contributed by atoms with Crippen LogP contribution in [0.5, 0.6) is 5.75 Å². The van der Waals surface area contributed by atoms with Gasteiger partial charge in [0.25, 0.3) is 0 Å². The third kappa shape index (κ3) is 6.45. The first kappa shape index (κ1) is 24.4. The number of ether oxygens (including phenoxy) is 1. The summed E-state index contributed by atoms with van der Waals surface area (Å²) in [5.74, 6) is -0.624. The summed E-state index contributed by atoms with van der Waals surface area (Å²) in [6, 6.07) is 18.6. The molecule has 35 heavy (non-hydrogen) atoms. The van der Waals surface area contributed by atoms with Crippen LogP contribution in [0, 0.1) is 11.6 Å². The standard InChI is InChI=1S/C26H23F2N3O3S/c1-34-22-12-2-17(3-13-22)14-15-31-25(33)23(16-24(32)29-20-8-4-18(27)5-9-20)35-26(31)30-21-10-6-19(28)7-11-21/h2-13,23H,14-16H2,1H3,(H,29,32)/t23-/m1/s1. The molecular formula is C26H23F2N3O3S. The molecule has 0 aliphatic carbocycles. The van der Waals surface area contributed by atoms with Gasteiger partial charge in [0.2, 0.25) is 11.8 Å². The molecule has 0 aromatic heterocycles. The van der Waals surface area contributed by atoms with Crippen LogP contribution in [0.1, 0.15) is 12.0 Å². The largest absolute Gasteiger partial charge is 0.497 e. The van der Waals surface area contributed by atoms with Gasteiger partial charge in [-0.3, -0.25) is 14.5 Å². The molecule has 0 radical (unpaired) electrons. The first-order chi connectivity index (χ1) is 16.9. The second kappa shape index (κ2) is 11.1. The lowest BCUT2D eigenvalue weighted by Crippen LogP contribution is -2.35. The number of nitrogens with one attached hydrogen (secondary N) is 1. The van der Waals surface area contributed by atoms with Gasteiger partial charge in [0, 0.05) is 18.7 Å². The monoisotopic (exact) mass is 495 g/mol. The van der Waals surface area contributed by atoms with Gasteiger partial charge in [-0.1, -0.05) is 23.9 Å². The van der Waals surface area contributed by atoms with Crippen molar-refractivity contribution in [3.63, 3.8) is 0 Å². The van der Waals surface area contributed by atoms with E-state index in [1.165, 1.54) is 60.3 Å². The van der Waals surface area contributed by atoms with Gasteiger partial charge in [-0.2, -0.15) is 0 Å². The summed E-state index contributed by atoms with van der Waals surface area (Å²) in [4.78, 5) is 31.9. The van der Waals surface area contributed by atoms with E-state index in [-0.39, 0.29) is 24.1 Å². The lowest BCUT2D eigenvalue weighted by atomic mass is 10.1. The van der Waals surface area contributed by atoms with Crippen LogP contribution in [0.4, 0.5) is 20.2 Å². The minimum atomic E-state index is -0.662. The Kier molecular flexibility index (Phi) is 7.77. The van der Waals surface area contributed by atoms with Gasteiger partial charge in [0.05, 0.1) is 12.8 Å². The van der Waals surface area contributed by atoms with Crippen LogP contribution in [0.25, 0.3) is 0 Å². The molecule has 0 unspecified atom stereocenters. The molecule has 2 amide bonds. The zero-order chi connectivity index (χ0) is 24.8. The smallest absolute Gasteiger partial charge is 0.242 e. The van der Waals surface area contributed by atoms with Crippen molar-refractivity contribution in [3.05, 3.63) is 90.0 Å². The number of methoxy groups -OCH3 is 1. The number of carbonyl (C=O) groups excluding carboxylic acids is 2. The number of hydrogen-bond donors (Lipinski definition) is 1. The Hall–Kier alpha value is -3.72. The van der Waals surface area contributed by atoms with Crippen molar-refractivity contribution < 1.29 is 23.1 Å². The highest BCUT2D eigenvalue weighted by molar-refractivity contribution is 8.15. The van der Waals surface area contributed by atoms with Gasteiger partial charge in [0.15, 0.2) is 5.17 Å². The van der Waals surface area contributed by atoms with E-state index in [0.717, 1.165) is 11.3 Å². The predicted octanol–water partition coefficient (Wildman–Crippen LogP) is 5.18. The molecule has 1 heterocycles. The van der Waals surface area contributed by atoms with Crippen LogP contribution in [-0.2, 0) is 16.0 Å². The number of aliphatic imine (C=N–C) groups is 1. The van der Waals surface area contributed by atoms with Crippen molar-refractivity contribution >= 4 is 40.1 Å². The second-order valence-corrected chi connectivity index (χ2v) is 8.99. The normalized spacial score (nSPS) is 16.5. The quantitative estimate of drug-likeness (QED) is 0.468. The van der Waals surface area contributed by atoms with Crippen LogP contribution in [0.2, 0.25) is 0 Å². The molecule has 4 rings (SSSR count).